The molecule has 4 nitrogen and oxygen atoms in total. The molecular formula is C6H6N4S. The molecule has 0 saturated carbocycles. The van der Waals surface area contributed by atoms with Crippen LogP contribution in [0.1, 0.15) is 0 Å². The van der Waals surface area contributed by atoms with Crippen molar-refractivity contribution in [2.45, 2.75) is 0 Å². The Morgan fingerprint density at radius 3 is 3.18 bits per heavy atom. The van der Waals surface area contributed by atoms with Crippen molar-refractivity contribution >= 4 is 23.1 Å². The van der Waals surface area contributed by atoms with Crippen molar-refractivity contribution < 1.29 is 0 Å². The molecule has 2 heterocycles. The molecule has 0 aliphatic rings. The number of fused-ring (bicyclic) bond motifs is 1. The van der Waals surface area contributed by atoms with Crippen molar-refractivity contribution in [3.05, 3.63) is 18.9 Å². The average molecular weight is 166 g/mol. The van der Waals surface area contributed by atoms with Gasteiger partial charge in [0.1, 0.15) is 18.2 Å². The van der Waals surface area contributed by atoms with Crippen LogP contribution in [-0.2, 0) is 0 Å². The molecule has 2 aromatic rings. The summed E-state index contributed by atoms with van der Waals surface area (Å²) in [4.78, 5) is 12.0. The number of hydrogen-bond donors (Lipinski definition) is 0. The molecular weight excluding hydrogens is 160 g/mol. The molecule has 0 aromatic carbocycles. The molecule has 0 bridgehead atoms. The number of imidazole rings is 1. The van der Waals surface area contributed by atoms with Crippen molar-refractivity contribution in [2.24, 2.45) is 0 Å². The van der Waals surface area contributed by atoms with Gasteiger partial charge in [0.05, 0.1) is 6.20 Å². The molecule has 0 saturated heterocycles. The minimum Gasteiger partial charge on any atom is -0.269 e. The zero-order valence-electron chi connectivity index (χ0n) is 5.93. The van der Waals surface area contributed by atoms with Gasteiger partial charge in [0.2, 0.25) is 0 Å². The first kappa shape index (κ1) is 6.60. The van der Waals surface area contributed by atoms with Gasteiger partial charge in [-0.25, -0.2) is 15.0 Å². The Balaban J connectivity index is 2.76. The lowest BCUT2D eigenvalue weighted by molar-refractivity contribution is 1.20. The highest BCUT2D eigenvalue weighted by Gasteiger charge is 1.99. The van der Waals surface area contributed by atoms with E-state index < -0.39 is 0 Å². The lowest BCUT2D eigenvalue weighted by Crippen LogP contribution is -1.83. The Morgan fingerprint density at radius 2 is 2.36 bits per heavy atom. The minimum absolute atomic E-state index is 0.745. The molecule has 0 unspecified atom stereocenters. The van der Waals surface area contributed by atoms with Crippen LogP contribution in [0.2, 0.25) is 0 Å². The summed E-state index contributed by atoms with van der Waals surface area (Å²) >= 11 is 1.58. The van der Waals surface area contributed by atoms with E-state index in [-0.39, 0.29) is 0 Å². The fourth-order valence-electron chi connectivity index (χ4n) is 0.886. The van der Waals surface area contributed by atoms with E-state index in [0.717, 1.165) is 11.2 Å². The van der Waals surface area contributed by atoms with Crippen LogP contribution < -0.4 is 0 Å². The molecule has 5 heteroatoms. The van der Waals surface area contributed by atoms with Crippen LogP contribution >= 0.6 is 11.9 Å². The van der Waals surface area contributed by atoms with E-state index >= 15 is 0 Å². The molecule has 11 heavy (non-hydrogen) atoms. The number of aromatic nitrogens is 4. The van der Waals surface area contributed by atoms with Crippen LogP contribution in [0.25, 0.3) is 11.2 Å². The largest absolute Gasteiger partial charge is 0.269 e. The maximum atomic E-state index is 4.08. The molecule has 56 valence electrons. The minimum atomic E-state index is 0.745. The highest BCUT2D eigenvalue weighted by atomic mass is 32.2. The fourth-order valence-corrected chi connectivity index (χ4v) is 1.35. The topological polar surface area (TPSA) is 43.6 Å². The summed E-state index contributed by atoms with van der Waals surface area (Å²) < 4.78 is 1.93. The first-order valence-corrected chi connectivity index (χ1v) is 4.27. The Morgan fingerprint density at radius 1 is 1.45 bits per heavy atom. The summed E-state index contributed by atoms with van der Waals surface area (Å²) in [5, 5.41) is 0. The van der Waals surface area contributed by atoms with Crippen LogP contribution in [0, 0.1) is 0 Å². The monoisotopic (exact) mass is 166 g/mol. The molecule has 2 rings (SSSR count). The van der Waals surface area contributed by atoms with E-state index in [9.17, 15) is 0 Å². The van der Waals surface area contributed by atoms with Crippen molar-refractivity contribution in [1.82, 2.24) is 18.9 Å². The van der Waals surface area contributed by atoms with Gasteiger partial charge in [0, 0.05) is 6.26 Å². The van der Waals surface area contributed by atoms with Crippen LogP contribution in [0.3, 0.4) is 0 Å². The predicted octanol–water partition coefficient (Wildman–Crippen LogP) is 0.952. The third-order valence-corrected chi connectivity index (χ3v) is 2.08. The van der Waals surface area contributed by atoms with Crippen LogP contribution in [0.15, 0.2) is 18.9 Å². The zero-order valence-corrected chi connectivity index (χ0v) is 6.75. The summed E-state index contributed by atoms with van der Waals surface area (Å²) in [6.07, 6.45) is 6.98. The Hall–Kier alpha value is -1.10. The van der Waals surface area contributed by atoms with E-state index in [1.54, 1.807) is 24.5 Å². The molecule has 0 fully saturated rings. The first-order chi connectivity index (χ1) is 5.42. The van der Waals surface area contributed by atoms with Crippen LogP contribution in [0.5, 0.6) is 0 Å². The van der Waals surface area contributed by atoms with Crippen molar-refractivity contribution in [3.63, 3.8) is 0 Å². The molecule has 0 radical (unpaired) electrons. The van der Waals surface area contributed by atoms with Gasteiger partial charge in [-0.15, -0.1) is 0 Å². The molecule has 0 amide bonds. The highest BCUT2D eigenvalue weighted by Crippen LogP contribution is 2.12. The van der Waals surface area contributed by atoms with Gasteiger partial charge in [-0.2, -0.15) is 0 Å². The second-order valence-electron chi connectivity index (χ2n) is 1.98. The molecule has 2 aromatic heterocycles. The lowest BCUT2D eigenvalue weighted by Gasteiger charge is -1.93. The predicted molar refractivity (Wildman–Crippen MR) is 44.2 cm³/mol. The Bertz CT molecular complexity index is 369. The summed E-state index contributed by atoms with van der Waals surface area (Å²) in [6, 6.07) is 0. The smallest absolute Gasteiger partial charge is 0.181 e. The standard InChI is InChI=1S/C6H6N4S/c1-11-10-4-9-6-5(10)2-7-3-8-6/h2-4H,1H3. The molecule has 0 spiro atoms. The number of rotatable bonds is 1. The second-order valence-corrected chi connectivity index (χ2v) is 2.74. The van der Waals surface area contributed by atoms with Crippen molar-refractivity contribution in [2.75, 3.05) is 6.26 Å². The van der Waals surface area contributed by atoms with Crippen LogP contribution in [0.4, 0.5) is 0 Å². The normalized spacial score (nSPS) is 10.6. The maximum Gasteiger partial charge on any atom is 0.181 e. The number of nitrogens with zero attached hydrogens (tertiary/aromatic N) is 4. The fraction of sp³-hybridized carbons (Fsp3) is 0.167. The third-order valence-electron chi connectivity index (χ3n) is 1.39. The van der Waals surface area contributed by atoms with Gasteiger partial charge in [-0.05, 0) is 11.9 Å². The van der Waals surface area contributed by atoms with E-state index in [1.807, 2.05) is 10.2 Å². The van der Waals surface area contributed by atoms with Gasteiger partial charge in [-0.1, -0.05) is 0 Å². The first-order valence-electron chi connectivity index (χ1n) is 3.09. The van der Waals surface area contributed by atoms with E-state index in [1.165, 1.54) is 6.33 Å². The van der Waals surface area contributed by atoms with Crippen molar-refractivity contribution in [1.29, 1.82) is 0 Å². The van der Waals surface area contributed by atoms with Crippen LogP contribution in [-0.4, -0.2) is 25.2 Å². The summed E-state index contributed by atoms with van der Waals surface area (Å²) in [7, 11) is 0. The van der Waals surface area contributed by atoms with Gasteiger partial charge in [0.25, 0.3) is 0 Å². The van der Waals surface area contributed by atoms with Crippen molar-refractivity contribution in [3.8, 4) is 0 Å². The van der Waals surface area contributed by atoms with E-state index in [0.29, 0.717) is 0 Å². The van der Waals surface area contributed by atoms with E-state index in [4.69, 9.17) is 0 Å². The average Bonchev–Trinajstić information content (AvgIpc) is 2.47. The van der Waals surface area contributed by atoms with E-state index in [2.05, 4.69) is 15.0 Å². The Kier molecular flexibility index (Phi) is 1.50. The maximum absolute atomic E-state index is 4.08. The molecule has 0 N–H and O–H groups in total. The third kappa shape index (κ3) is 0.970. The summed E-state index contributed by atoms with van der Waals surface area (Å²) in [6.45, 7) is 0. The van der Waals surface area contributed by atoms with Gasteiger partial charge in [0.15, 0.2) is 5.65 Å². The quantitative estimate of drug-likeness (QED) is 0.632. The zero-order chi connectivity index (χ0) is 7.68. The molecule has 0 aliphatic heterocycles. The summed E-state index contributed by atoms with van der Waals surface area (Å²) in [5.74, 6) is 0. The van der Waals surface area contributed by atoms with Gasteiger partial charge < -0.3 is 0 Å². The molecule has 0 atom stereocenters. The Labute approximate surface area is 67.8 Å². The summed E-state index contributed by atoms with van der Waals surface area (Å²) in [5.41, 5.74) is 1.70. The molecule has 0 aliphatic carbocycles. The highest BCUT2D eigenvalue weighted by molar-refractivity contribution is 7.97. The SMILES string of the molecule is CSn1cnc2ncncc21. The van der Waals surface area contributed by atoms with Gasteiger partial charge >= 0.3 is 0 Å². The second kappa shape index (κ2) is 2.50. The lowest BCUT2D eigenvalue weighted by atomic mass is 10.6. The number of hydrogen-bond acceptors (Lipinski definition) is 4. The van der Waals surface area contributed by atoms with Gasteiger partial charge in [-0.3, -0.25) is 3.97 Å².